The Morgan fingerprint density at radius 1 is 1.40 bits per heavy atom. The first-order valence-electron chi connectivity index (χ1n) is 8.24. The minimum absolute atomic E-state index is 0.204. The first-order valence-corrected chi connectivity index (χ1v) is 8.24. The molecule has 0 atom stereocenters. The molecule has 1 aliphatic rings. The lowest BCUT2D eigenvalue weighted by atomic mass is 10.1. The van der Waals surface area contributed by atoms with Crippen LogP contribution in [0.5, 0.6) is 0 Å². The van der Waals surface area contributed by atoms with E-state index in [2.05, 4.69) is 20.5 Å². The number of aromatic amines is 1. The molecule has 7 heteroatoms. The number of carbonyl (C=O) groups is 1. The molecule has 25 heavy (non-hydrogen) atoms. The fraction of sp³-hybridized carbons (Fsp3) is 0.278. The number of hydrogen-bond acceptors (Lipinski definition) is 3. The third-order valence-electron chi connectivity index (χ3n) is 4.41. The average Bonchev–Trinajstić information content (AvgIpc) is 3.17. The van der Waals surface area contributed by atoms with E-state index in [1.807, 2.05) is 17.7 Å². The van der Waals surface area contributed by atoms with Crippen molar-refractivity contribution in [3.63, 3.8) is 0 Å². The van der Waals surface area contributed by atoms with E-state index in [-0.39, 0.29) is 18.3 Å². The Hall–Kier alpha value is -2.96. The summed E-state index contributed by atoms with van der Waals surface area (Å²) in [5, 5.41) is 9.80. The van der Waals surface area contributed by atoms with Gasteiger partial charge in [-0.15, -0.1) is 0 Å². The number of rotatable bonds is 5. The van der Waals surface area contributed by atoms with Crippen LogP contribution in [0.1, 0.15) is 46.3 Å². The second kappa shape index (κ2) is 6.16. The molecule has 0 aliphatic heterocycles. The summed E-state index contributed by atoms with van der Waals surface area (Å²) in [5.41, 5.74) is 2.83. The van der Waals surface area contributed by atoms with E-state index in [1.165, 1.54) is 12.1 Å². The third kappa shape index (κ3) is 3.17. The van der Waals surface area contributed by atoms with Crippen molar-refractivity contribution in [1.82, 2.24) is 25.1 Å². The van der Waals surface area contributed by atoms with Crippen LogP contribution in [0.4, 0.5) is 4.39 Å². The summed E-state index contributed by atoms with van der Waals surface area (Å²) in [4.78, 5) is 16.5. The molecule has 0 bridgehead atoms. The Morgan fingerprint density at radius 2 is 2.24 bits per heavy atom. The highest BCUT2D eigenvalue weighted by molar-refractivity contribution is 5.92. The second-order valence-electron chi connectivity index (χ2n) is 6.28. The van der Waals surface area contributed by atoms with Crippen molar-refractivity contribution in [3.05, 3.63) is 65.3 Å². The molecule has 2 N–H and O–H groups in total. The molecular formula is C18H18FN5O. The number of aryl methyl sites for hydroxylation is 1. The molecule has 0 radical (unpaired) electrons. The van der Waals surface area contributed by atoms with Crippen molar-refractivity contribution in [2.45, 2.75) is 32.2 Å². The fourth-order valence-electron chi connectivity index (χ4n) is 2.89. The second-order valence-corrected chi connectivity index (χ2v) is 6.28. The van der Waals surface area contributed by atoms with E-state index in [9.17, 15) is 9.18 Å². The molecular weight excluding hydrogens is 321 g/mol. The number of nitrogens with zero attached hydrogens (tertiary/aromatic N) is 3. The van der Waals surface area contributed by atoms with Crippen LogP contribution in [0.25, 0.3) is 5.69 Å². The van der Waals surface area contributed by atoms with Crippen LogP contribution in [0.3, 0.4) is 0 Å². The van der Waals surface area contributed by atoms with E-state index in [1.54, 1.807) is 18.3 Å². The molecule has 2 heterocycles. The van der Waals surface area contributed by atoms with E-state index < -0.39 is 0 Å². The number of imidazole rings is 1. The summed E-state index contributed by atoms with van der Waals surface area (Å²) >= 11 is 0. The van der Waals surface area contributed by atoms with Gasteiger partial charge >= 0.3 is 0 Å². The SMILES string of the molecule is Cc1nccn1-c1ccc(F)cc1CNC(=O)c1cc(C2CC2)[nH]n1. The molecule has 1 aliphatic carbocycles. The quantitative estimate of drug-likeness (QED) is 0.750. The molecule has 128 valence electrons. The number of carbonyl (C=O) groups excluding carboxylic acids is 1. The Kier molecular flexibility index (Phi) is 3.83. The standard InChI is InChI=1S/C18H18FN5O/c1-11-20-6-7-24(11)17-5-4-14(19)8-13(17)10-21-18(25)16-9-15(22-23-16)12-2-3-12/h4-9,12H,2-3,10H2,1H3,(H,21,25)(H,22,23). The summed E-state index contributed by atoms with van der Waals surface area (Å²) in [6.07, 6.45) is 5.77. The highest BCUT2D eigenvalue weighted by Gasteiger charge is 2.26. The molecule has 1 aromatic carbocycles. The van der Waals surface area contributed by atoms with Gasteiger partial charge in [0, 0.05) is 30.6 Å². The Morgan fingerprint density at radius 3 is 2.96 bits per heavy atom. The maximum atomic E-state index is 13.7. The van der Waals surface area contributed by atoms with Gasteiger partial charge in [-0.2, -0.15) is 5.10 Å². The predicted octanol–water partition coefficient (Wildman–Crippen LogP) is 2.85. The van der Waals surface area contributed by atoms with E-state index in [4.69, 9.17) is 0 Å². The number of aromatic nitrogens is 4. The average molecular weight is 339 g/mol. The first-order chi connectivity index (χ1) is 12.1. The molecule has 1 fully saturated rings. The largest absolute Gasteiger partial charge is 0.346 e. The van der Waals surface area contributed by atoms with Crippen molar-refractivity contribution >= 4 is 5.91 Å². The van der Waals surface area contributed by atoms with Gasteiger partial charge in [0.25, 0.3) is 5.91 Å². The van der Waals surface area contributed by atoms with Crippen LogP contribution >= 0.6 is 0 Å². The lowest BCUT2D eigenvalue weighted by Gasteiger charge is -2.12. The van der Waals surface area contributed by atoms with Crippen molar-refractivity contribution in [3.8, 4) is 5.69 Å². The molecule has 1 saturated carbocycles. The molecule has 1 amide bonds. The van der Waals surface area contributed by atoms with Crippen molar-refractivity contribution < 1.29 is 9.18 Å². The van der Waals surface area contributed by atoms with E-state index in [0.29, 0.717) is 17.2 Å². The normalized spacial score (nSPS) is 13.8. The van der Waals surface area contributed by atoms with E-state index >= 15 is 0 Å². The first kappa shape index (κ1) is 15.6. The zero-order chi connectivity index (χ0) is 17.4. The van der Waals surface area contributed by atoms with Crippen molar-refractivity contribution in [2.24, 2.45) is 0 Å². The van der Waals surface area contributed by atoms with Crippen molar-refractivity contribution in [2.75, 3.05) is 0 Å². The van der Waals surface area contributed by atoms with Crippen LogP contribution < -0.4 is 5.32 Å². The van der Waals surface area contributed by atoms with Gasteiger partial charge in [0.2, 0.25) is 0 Å². The summed E-state index contributed by atoms with van der Waals surface area (Å²) in [7, 11) is 0. The summed E-state index contributed by atoms with van der Waals surface area (Å²) in [6, 6.07) is 6.30. The van der Waals surface area contributed by atoms with Gasteiger partial charge in [0.15, 0.2) is 0 Å². The molecule has 0 spiro atoms. The molecule has 6 nitrogen and oxygen atoms in total. The van der Waals surface area contributed by atoms with Gasteiger partial charge < -0.3 is 9.88 Å². The summed E-state index contributed by atoms with van der Waals surface area (Å²) < 4.78 is 15.5. The third-order valence-corrected chi connectivity index (χ3v) is 4.41. The number of hydrogen-bond donors (Lipinski definition) is 2. The maximum Gasteiger partial charge on any atom is 0.272 e. The zero-order valence-electron chi connectivity index (χ0n) is 13.8. The number of nitrogens with one attached hydrogen (secondary N) is 2. The molecule has 3 aromatic rings. The van der Waals surface area contributed by atoms with Gasteiger partial charge in [-0.1, -0.05) is 0 Å². The monoisotopic (exact) mass is 339 g/mol. The van der Waals surface area contributed by atoms with Crippen molar-refractivity contribution in [1.29, 1.82) is 0 Å². The van der Waals surface area contributed by atoms with Crippen LogP contribution in [0.15, 0.2) is 36.7 Å². The highest BCUT2D eigenvalue weighted by Crippen LogP contribution is 2.38. The Bertz CT molecular complexity index is 925. The van der Waals surface area contributed by atoms with Crippen LogP contribution in [-0.2, 0) is 6.54 Å². The lowest BCUT2D eigenvalue weighted by Crippen LogP contribution is -2.24. The number of H-pyrrole nitrogens is 1. The number of amides is 1. The Labute approximate surface area is 144 Å². The summed E-state index contributed by atoms with van der Waals surface area (Å²) in [5.74, 6) is 0.677. The number of benzene rings is 1. The molecule has 0 unspecified atom stereocenters. The van der Waals surface area contributed by atoms with Gasteiger partial charge in [0.1, 0.15) is 17.3 Å². The Balaban J connectivity index is 1.52. The van der Waals surface area contributed by atoms with Gasteiger partial charge in [-0.3, -0.25) is 9.89 Å². The van der Waals surface area contributed by atoms with Crippen LogP contribution in [-0.4, -0.2) is 25.7 Å². The van der Waals surface area contributed by atoms with Gasteiger partial charge in [0.05, 0.1) is 5.69 Å². The smallest absolute Gasteiger partial charge is 0.272 e. The van der Waals surface area contributed by atoms with Crippen LogP contribution in [0, 0.1) is 12.7 Å². The molecule has 0 saturated heterocycles. The van der Waals surface area contributed by atoms with Gasteiger partial charge in [-0.25, -0.2) is 9.37 Å². The zero-order valence-corrected chi connectivity index (χ0v) is 13.8. The van der Waals surface area contributed by atoms with E-state index in [0.717, 1.165) is 30.0 Å². The fourth-order valence-corrected chi connectivity index (χ4v) is 2.89. The predicted molar refractivity (Wildman–Crippen MR) is 90.0 cm³/mol. The lowest BCUT2D eigenvalue weighted by molar-refractivity contribution is 0.0946. The minimum Gasteiger partial charge on any atom is -0.346 e. The molecule has 4 rings (SSSR count). The highest BCUT2D eigenvalue weighted by atomic mass is 19.1. The number of halogens is 1. The maximum absolute atomic E-state index is 13.7. The topological polar surface area (TPSA) is 75.6 Å². The van der Waals surface area contributed by atoms with Gasteiger partial charge in [-0.05, 0) is 49.6 Å². The minimum atomic E-state index is -0.346. The summed E-state index contributed by atoms with van der Waals surface area (Å²) in [6.45, 7) is 2.07. The van der Waals surface area contributed by atoms with Crippen LogP contribution in [0.2, 0.25) is 0 Å². The molecule has 2 aromatic heterocycles.